The van der Waals surface area contributed by atoms with Gasteiger partial charge in [0.15, 0.2) is 5.11 Å². The summed E-state index contributed by atoms with van der Waals surface area (Å²) in [6.07, 6.45) is 4.91. The Bertz CT molecular complexity index is 423. The Labute approximate surface area is 124 Å². The summed E-state index contributed by atoms with van der Waals surface area (Å²) >= 11 is 6.37. The minimum absolute atomic E-state index is 0.650. The fraction of sp³-hybridized carbons (Fsp3) is 0.429. The van der Waals surface area contributed by atoms with Gasteiger partial charge < -0.3 is 10.6 Å². The van der Waals surface area contributed by atoms with E-state index >= 15 is 0 Å². The predicted molar refractivity (Wildman–Crippen MR) is 86.3 cm³/mol. The van der Waals surface area contributed by atoms with Gasteiger partial charge in [0.1, 0.15) is 5.40 Å². The number of thiocarbonyl (C=S) groups is 1. The molecule has 0 aliphatic carbocycles. The highest BCUT2D eigenvalue weighted by molar-refractivity contribution is 8.03. The lowest BCUT2D eigenvalue weighted by atomic mass is 10.2. The number of anilines is 1. The Morgan fingerprint density at radius 3 is 2.63 bits per heavy atom. The van der Waals surface area contributed by atoms with E-state index in [0.29, 0.717) is 5.11 Å². The summed E-state index contributed by atoms with van der Waals surface area (Å²) in [5.41, 5.74) is 0.938. The van der Waals surface area contributed by atoms with Crippen molar-refractivity contribution < 1.29 is 0 Å². The van der Waals surface area contributed by atoms with Crippen LogP contribution in [0, 0.1) is 10.7 Å². The second-order valence-corrected chi connectivity index (χ2v) is 5.43. The average Bonchev–Trinajstić information content (AvgIpc) is 2.41. The summed E-state index contributed by atoms with van der Waals surface area (Å²) in [6.45, 7) is 3.11. The number of unbranched alkanes of at least 4 members (excludes halogenated alkanes) is 3. The van der Waals surface area contributed by atoms with Crippen molar-refractivity contribution in [1.82, 2.24) is 5.32 Å². The van der Waals surface area contributed by atoms with Gasteiger partial charge in [0, 0.05) is 17.1 Å². The lowest BCUT2D eigenvalue weighted by Gasteiger charge is -2.10. The number of hydrogen-bond donors (Lipinski definition) is 2. The van der Waals surface area contributed by atoms with Gasteiger partial charge in [0.25, 0.3) is 0 Å². The lowest BCUT2D eigenvalue weighted by Crippen LogP contribution is -2.29. The Hall–Kier alpha value is -1.25. The normalized spacial score (nSPS) is 9.68. The number of thiocyanates is 1. The molecule has 0 atom stereocenters. The number of thioether (sulfide) groups is 1. The standard InChI is InChI=1S/C14H19N3S2/c1-2-3-4-5-10-16-14(18)17-12-6-8-13(9-7-12)19-11-15/h6-9H,2-5,10H2,1H3,(H2,16,17,18). The van der Waals surface area contributed by atoms with E-state index in [0.717, 1.165) is 35.3 Å². The Balaban J connectivity index is 2.26. The van der Waals surface area contributed by atoms with Crippen molar-refractivity contribution in [3.63, 3.8) is 0 Å². The molecule has 102 valence electrons. The third kappa shape index (κ3) is 7.04. The van der Waals surface area contributed by atoms with Crippen molar-refractivity contribution in [2.24, 2.45) is 0 Å². The first-order valence-corrected chi connectivity index (χ1v) is 7.69. The maximum absolute atomic E-state index is 8.56. The third-order valence-corrected chi connectivity index (χ3v) is 3.44. The molecule has 0 radical (unpaired) electrons. The van der Waals surface area contributed by atoms with Gasteiger partial charge in [-0.15, -0.1) is 0 Å². The second kappa shape index (κ2) is 9.65. The van der Waals surface area contributed by atoms with Crippen LogP contribution in [0.4, 0.5) is 5.69 Å². The Kier molecular flexibility index (Phi) is 8.03. The second-order valence-electron chi connectivity index (χ2n) is 4.16. The first-order chi connectivity index (χ1) is 9.26. The fourth-order valence-electron chi connectivity index (χ4n) is 1.59. The molecular formula is C14H19N3S2. The molecule has 0 bridgehead atoms. The quantitative estimate of drug-likeness (QED) is 0.343. The molecule has 1 aromatic rings. The van der Waals surface area contributed by atoms with E-state index in [1.54, 1.807) is 0 Å². The molecule has 1 aromatic carbocycles. The van der Waals surface area contributed by atoms with Crippen molar-refractivity contribution >= 4 is 34.8 Å². The van der Waals surface area contributed by atoms with Gasteiger partial charge in [-0.3, -0.25) is 0 Å². The van der Waals surface area contributed by atoms with Crippen molar-refractivity contribution in [2.75, 3.05) is 11.9 Å². The predicted octanol–water partition coefficient (Wildman–Crippen LogP) is 4.13. The van der Waals surface area contributed by atoms with Crippen LogP contribution in [0.5, 0.6) is 0 Å². The molecule has 0 spiro atoms. The van der Waals surface area contributed by atoms with Crippen molar-refractivity contribution in [2.45, 2.75) is 37.5 Å². The van der Waals surface area contributed by atoms with Gasteiger partial charge in [0.2, 0.25) is 0 Å². The van der Waals surface area contributed by atoms with E-state index in [1.807, 2.05) is 29.7 Å². The first-order valence-electron chi connectivity index (χ1n) is 6.47. The summed E-state index contributed by atoms with van der Waals surface area (Å²) in [7, 11) is 0. The molecule has 0 unspecified atom stereocenters. The number of nitriles is 1. The van der Waals surface area contributed by atoms with Gasteiger partial charge >= 0.3 is 0 Å². The summed E-state index contributed by atoms with van der Waals surface area (Å²) in [4.78, 5) is 0.937. The highest BCUT2D eigenvalue weighted by Crippen LogP contribution is 2.18. The van der Waals surface area contributed by atoms with Crippen LogP contribution in [0.1, 0.15) is 32.6 Å². The Morgan fingerprint density at radius 1 is 1.26 bits per heavy atom. The van der Waals surface area contributed by atoms with E-state index in [2.05, 4.69) is 17.6 Å². The van der Waals surface area contributed by atoms with Gasteiger partial charge in [-0.1, -0.05) is 26.2 Å². The molecule has 0 aromatic heterocycles. The van der Waals surface area contributed by atoms with Gasteiger partial charge in [0.05, 0.1) is 0 Å². The summed E-state index contributed by atoms with van der Waals surface area (Å²) in [6, 6.07) is 7.65. The zero-order valence-electron chi connectivity index (χ0n) is 11.1. The largest absolute Gasteiger partial charge is 0.362 e. The molecular weight excluding hydrogens is 274 g/mol. The number of nitrogens with zero attached hydrogens (tertiary/aromatic N) is 1. The van der Waals surface area contributed by atoms with Gasteiger partial charge in [-0.2, -0.15) is 5.26 Å². The SMILES string of the molecule is CCCCCCNC(=S)Nc1ccc(SC#N)cc1. The maximum atomic E-state index is 8.56. The molecule has 0 amide bonds. The fourth-order valence-corrected chi connectivity index (χ4v) is 2.19. The molecule has 0 saturated heterocycles. The van der Waals surface area contributed by atoms with Crippen LogP contribution in [0.15, 0.2) is 29.2 Å². The molecule has 1 rings (SSSR count). The zero-order chi connectivity index (χ0) is 13.9. The van der Waals surface area contributed by atoms with E-state index in [-0.39, 0.29) is 0 Å². The van der Waals surface area contributed by atoms with Crippen LogP contribution in [-0.2, 0) is 0 Å². The summed E-state index contributed by atoms with van der Waals surface area (Å²) in [5.74, 6) is 0. The van der Waals surface area contributed by atoms with E-state index in [1.165, 1.54) is 19.3 Å². The molecule has 2 N–H and O–H groups in total. The van der Waals surface area contributed by atoms with E-state index < -0.39 is 0 Å². The average molecular weight is 293 g/mol. The van der Waals surface area contributed by atoms with Gasteiger partial charge in [-0.05, 0) is 54.7 Å². The highest BCUT2D eigenvalue weighted by Gasteiger charge is 1.98. The monoisotopic (exact) mass is 293 g/mol. The summed E-state index contributed by atoms with van der Waals surface area (Å²) in [5, 5.41) is 17.6. The molecule has 19 heavy (non-hydrogen) atoms. The molecule has 0 saturated carbocycles. The van der Waals surface area contributed by atoms with Crippen LogP contribution in [-0.4, -0.2) is 11.7 Å². The molecule has 3 nitrogen and oxygen atoms in total. The topological polar surface area (TPSA) is 47.8 Å². The number of hydrogen-bond acceptors (Lipinski definition) is 3. The van der Waals surface area contributed by atoms with Crippen LogP contribution < -0.4 is 10.6 Å². The highest BCUT2D eigenvalue weighted by atomic mass is 32.2. The first kappa shape index (κ1) is 15.8. The molecule has 0 aliphatic rings. The van der Waals surface area contributed by atoms with Crippen LogP contribution in [0.25, 0.3) is 0 Å². The minimum Gasteiger partial charge on any atom is -0.362 e. The minimum atomic E-state index is 0.650. The van der Waals surface area contributed by atoms with Crippen molar-refractivity contribution in [1.29, 1.82) is 5.26 Å². The molecule has 0 aliphatic heterocycles. The number of rotatable bonds is 7. The van der Waals surface area contributed by atoms with E-state index in [9.17, 15) is 0 Å². The number of nitrogens with one attached hydrogen (secondary N) is 2. The van der Waals surface area contributed by atoms with Gasteiger partial charge in [-0.25, -0.2) is 0 Å². The maximum Gasteiger partial charge on any atom is 0.170 e. The van der Waals surface area contributed by atoms with Crippen molar-refractivity contribution in [3.8, 4) is 5.40 Å². The molecule has 5 heteroatoms. The van der Waals surface area contributed by atoms with Crippen molar-refractivity contribution in [3.05, 3.63) is 24.3 Å². The van der Waals surface area contributed by atoms with Crippen LogP contribution in [0.2, 0.25) is 0 Å². The zero-order valence-corrected chi connectivity index (χ0v) is 12.7. The van der Waals surface area contributed by atoms with Crippen LogP contribution in [0.3, 0.4) is 0 Å². The molecule has 0 fully saturated rings. The Morgan fingerprint density at radius 2 is 2.00 bits per heavy atom. The third-order valence-electron chi connectivity index (χ3n) is 2.59. The molecule has 0 heterocycles. The smallest absolute Gasteiger partial charge is 0.170 e. The lowest BCUT2D eigenvalue weighted by molar-refractivity contribution is 0.655. The number of benzene rings is 1. The van der Waals surface area contributed by atoms with E-state index in [4.69, 9.17) is 17.5 Å². The van der Waals surface area contributed by atoms with Crippen LogP contribution >= 0.6 is 24.0 Å². The summed E-state index contributed by atoms with van der Waals surface area (Å²) < 4.78 is 0.